The van der Waals surface area contributed by atoms with Crippen LogP contribution in [0.5, 0.6) is 5.75 Å². The molecule has 44 heavy (non-hydrogen) atoms. The van der Waals surface area contributed by atoms with E-state index >= 15 is 0 Å². The third kappa shape index (κ3) is 8.23. The van der Waals surface area contributed by atoms with Gasteiger partial charge in [-0.1, -0.05) is 13.0 Å². The van der Waals surface area contributed by atoms with Crippen LogP contribution in [-0.2, 0) is 19.6 Å². The van der Waals surface area contributed by atoms with Gasteiger partial charge in [-0.15, -0.1) is 0 Å². The van der Waals surface area contributed by atoms with E-state index in [0.29, 0.717) is 30.5 Å². The summed E-state index contributed by atoms with van der Waals surface area (Å²) in [5.74, 6) is 2.90. The summed E-state index contributed by atoms with van der Waals surface area (Å²) in [6.07, 6.45) is 6.74. The summed E-state index contributed by atoms with van der Waals surface area (Å²) in [6, 6.07) is 10.3. The number of ether oxygens (including phenoxy) is 1. The van der Waals surface area contributed by atoms with Gasteiger partial charge in [-0.25, -0.2) is 9.97 Å². The maximum atomic E-state index is 13.3. The highest BCUT2D eigenvalue weighted by atomic mass is 32.1. The zero-order valence-electron chi connectivity index (χ0n) is 25.5. The van der Waals surface area contributed by atoms with Gasteiger partial charge >= 0.3 is 0 Å². The molecule has 1 amide bonds. The number of anilines is 2. The molecule has 1 saturated heterocycles. The number of aromatic nitrogens is 2. The molecule has 2 aromatic heterocycles. The van der Waals surface area contributed by atoms with Gasteiger partial charge in [0.25, 0.3) is 5.91 Å². The summed E-state index contributed by atoms with van der Waals surface area (Å²) in [6.45, 7) is 9.61. The SMILES string of the molecule is CCN1CCN(c2cc(C(=O)NC[C@H](O)CN3CCc4cc(OCc5cnco5)ccc4C3)cc(NC3CCC3)n2)CC1.S. The molecule has 238 valence electrons. The number of piperazine rings is 1. The lowest BCUT2D eigenvalue weighted by Crippen LogP contribution is -2.46. The Balaban J connectivity index is 0.00000384. The van der Waals surface area contributed by atoms with Crippen LogP contribution < -0.4 is 20.3 Å². The van der Waals surface area contributed by atoms with Crippen molar-refractivity contribution >= 4 is 31.0 Å². The Morgan fingerprint density at radius 3 is 2.68 bits per heavy atom. The number of nitrogens with one attached hydrogen (secondary N) is 2. The van der Waals surface area contributed by atoms with Crippen molar-refractivity contribution in [3.05, 3.63) is 65.4 Å². The van der Waals surface area contributed by atoms with Crippen molar-refractivity contribution in [1.82, 2.24) is 25.1 Å². The van der Waals surface area contributed by atoms with Crippen LogP contribution in [0, 0.1) is 0 Å². The van der Waals surface area contributed by atoms with Gasteiger partial charge in [0.1, 0.15) is 24.0 Å². The molecule has 11 nitrogen and oxygen atoms in total. The predicted octanol–water partition coefficient (Wildman–Crippen LogP) is 3.02. The Bertz CT molecular complexity index is 1360. The number of pyridine rings is 1. The second-order valence-corrected chi connectivity index (χ2v) is 11.8. The number of oxazole rings is 1. The molecule has 0 unspecified atom stereocenters. The molecule has 3 aliphatic rings. The van der Waals surface area contributed by atoms with Crippen LogP contribution >= 0.6 is 13.5 Å². The van der Waals surface area contributed by atoms with Gasteiger partial charge in [-0.05, 0) is 67.6 Å². The van der Waals surface area contributed by atoms with Crippen molar-refractivity contribution in [2.45, 2.75) is 57.9 Å². The number of aliphatic hydroxyl groups is 1. The van der Waals surface area contributed by atoms with E-state index < -0.39 is 6.10 Å². The van der Waals surface area contributed by atoms with Crippen LogP contribution in [0.15, 0.2) is 47.3 Å². The molecule has 1 aliphatic carbocycles. The van der Waals surface area contributed by atoms with Crippen molar-refractivity contribution < 1.29 is 19.1 Å². The summed E-state index contributed by atoms with van der Waals surface area (Å²) in [5.41, 5.74) is 3.06. The van der Waals surface area contributed by atoms with E-state index in [4.69, 9.17) is 14.1 Å². The van der Waals surface area contributed by atoms with Crippen LogP contribution in [0.4, 0.5) is 11.6 Å². The molecule has 6 rings (SSSR count). The first-order valence-electron chi connectivity index (χ1n) is 15.6. The molecule has 12 heteroatoms. The van der Waals surface area contributed by atoms with Gasteiger partial charge in [0.2, 0.25) is 0 Å². The highest BCUT2D eigenvalue weighted by Gasteiger charge is 2.23. The lowest BCUT2D eigenvalue weighted by molar-refractivity contribution is 0.0841. The number of aliphatic hydroxyl groups excluding tert-OH is 1. The topological polar surface area (TPSA) is 119 Å². The minimum Gasteiger partial charge on any atom is -0.486 e. The predicted molar refractivity (Wildman–Crippen MR) is 175 cm³/mol. The number of carbonyl (C=O) groups is 1. The summed E-state index contributed by atoms with van der Waals surface area (Å²) in [7, 11) is 0. The zero-order chi connectivity index (χ0) is 29.6. The van der Waals surface area contributed by atoms with Gasteiger partial charge in [-0.2, -0.15) is 13.5 Å². The van der Waals surface area contributed by atoms with E-state index in [-0.39, 0.29) is 25.9 Å². The van der Waals surface area contributed by atoms with Gasteiger partial charge in [0, 0.05) is 64.0 Å². The average molecular weight is 624 g/mol. The number of carbonyl (C=O) groups excluding carboxylic acids is 1. The highest BCUT2D eigenvalue weighted by Crippen LogP contribution is 2.26. The minimum absolute atomic E-state index is 0. The number of hydrogen-bond acceptors (Lipinski definition) is 10. The fourth-order valence-corrected chi connectivity index (χ4v) is 5.91. The molecule has 3 aromatic rings. The Labute approximate surface area is 266 Å². The highest BCUT2D eigenvalue weighted by molar-refractivity contribution is 7.59. The third-order valence-electron chi connectivity index (χ3n) is 8.78. The summed E-state index contributed by atoms with van der Waals surface area (Å²) < 4.78 is 11.1. The lowest BCUT2D eigenvalue weighted by atomic mass is 9.93. The molecular weight excluding hydrogens is 578 g/mol. The number of β-amino-alcohol motifs (C(OH)–C–C–N with tert-alkyl or cyclic N) is 1. The molecule has 3 N–H and O–H groups in total. The van der Waals surface area contributed by atoms with Crippen molar-refractivity contribution in [1.29, 1.82) is 0 Å². The molecule has 0 bridgehead atoms. The minimum atomic E-state index is -0.675. The quantitative estimate of drug-likeness (QED) is 0.278. The van der Waals surface area contributed by atoms with Crippen molar-refractivity contribution in [2.24, 2.45) is 0 Å². The van der Waals surface area contributed by atoms with Crippen LogP contribution in [0.25, 0.3) is 0 Å². The van der Waals surface area contributed by atoms with Crippen molar-refractivity contribution in [3.63, 3.8) is 0 Å². The van der Waals surface area contributed by atoms with Crippen molar-refractivity contribution in [2.75, 3.05) is 62.6 Å². The van der Waals surface area contributed by atoms with Crippen LogP contribution in [0.1, 0.15) is 53.4 Å². The molecule has 0 spiro atoms. The molecular formula is C32H45N7O4S. The van der Waals surface area contributed by atoms with Crippen LogP contribution in [0.2, 0.25) is 0 Å². The van der Waals surface area contributed by atoms with Gasteiger partial charge < -0.3 is 34.7 Å². The molecule has 1 saturated carbocycles. The van der Waals surface area contributed by atoms with E-state index in [1.165, 1.54) is 23.9 Å². The normalized spacial score (nSPS) is 18.1. The van der Waals surface area contributed by atoms with Crippen LogP contribution in [-0.4, -0.2) is 95.3 Å². The number of amides is 1. The maximum absolute atomic E-state index is 13.3. The molecule has 1 aromatic carbocycles. The number of rotatable bonds is 12. The standard InChI is InChI=1S/C32H43N7O4.H2S/c1-2-37-10-12-39(13-11-37)31-16-25(15-30(36-31)35-26-4-3-5-26)32(41)34-17-27(40)20-38-9-8-23-14-28(7-6-24(23)19-38)42-21-29-18-33-22-43-29;/h6-7,14-16,18,22,26-27,40H,2-5,8-13,17,19-21H2,1H3,(H,34,41)(H,35,36);1H2/t27-;/m0./s1. The maximum Gasteiger partial charge on any atom is 0.251 e. The van der Waals surface area contributed by atoms with E-state index in [1.807, 2.05) is 18.2 Å². The third-order valence-corrected chi connectivity index (χ3v) is 8.78. The van der Waals surface area contributed by atoms with Crippen LogP contribution in [0.3, 0.4) is 0 Å². The zero-order valence-corrected chi connectivity index (χ0v) is 26.5. The van der Waals surface area contributed by atoms with E-state index in [1.54, 1.807) is 6.20 Å². The Kier molecular flexibility index (Phi) is 11.0. The fourth-order valence-electron chi connectivity index (χ4n) is 5.91. The largest absolute Gasteiger partial charge is 0.486 e. The Hall–Kier alpha value is -3.32. The number of hydrogen-bond donors (Lipinski definition) is 3. The second kappa shape index (κ2) is 15.1. The molecule has 2 fully saturated rings. The molecule has 4 heterocycles. The summed E-state index contributed by atoms with van der Waals surface area (Å²) in [5, 5.41) is 17.3. The first-order valence-corrected chi connectivity index (χ1v) is 15.6. The van der Waals surface area contributed by atoms with E-state index in [9.17, 15) is 9.90 Å². The number of fused-ring (bicyclic) bond motifs is 1. The monoisotopic (exact) mass is 623 g/mol. The smallest absolute Gasteiger partial charge is 0.251 e. The first kappa shape index (κ1) is 32.1. The Morgan fingerprint density at radius 1 is 1.11 bits per heavy atom. The van der Waals surface area contributed by atoms with Gasteiger partial charge in [0.05, 0.1) is 12.3 Å². The second-order valence-electron chi connectivity index (χ2n) is 11.8. The lowest BCUT2D eigenvalue weighted by Gasteiger charge is -2.35. The first-order chi connectivity index (χ1) is 21.0. The number of benzene rings is 1. The number of likely N-dealkylation sites (N-methyl/N-ethyl adjacent to an activating group) is 1. The number of nitrogens with zero attached hydrogens (tertiary/aromatic N) is 5. The molecule has 2 aliphatic heterocycles. The average Bonchev–Trinajstić information content (AvgIpc) is 3.54. The van der Waals surface area contributed by atoms with Crippen molar-refractivity contribution in [3.8, 4) is 5.75 Å². The summed E-state index contributed by atoms with van der Waals surface area (Å²) >= 11 is 0. The van der Waals surface area contributed by atoms with E-state index in [2.05, 4.69) is 49.4 Å². The summed E-state index contributed by atoms with van der Waals surface area (Å²) in [4.78, 5) is 29.0. The van der Waals surface area contributed by atoms with Gasteiger partial charge in [-0.3, -0.25) is 9.69 Å². The van der Waals surface area contributed by atoms with E-state index in [0.717, 1.165) is 82.5 Å². The van der Waals surface area contributed by atoms with Gasteiger partial charge in [0.15, 0.2) is 12.2 Å². The molecule has 0 radical (unpaired) electrons. The Morgan fingerprint density at radius 2 is 1.95 bits per heavy atom. The fraction of sp³-hybridized carbons (Fsp3) is 0.531. The molecule has 1 atom stereocenters.